The Labute approximate surface area is 141 Å². The van der Waals surface area contributed by atoms with Crippen LogP contribution in [0.2, 0.25) is 0 Å². The predicted molar refractivity (Wildman–Crippen MR) is 94.4 cm³/mol. The number of hydrogen-bond acceptors (Lipinski definition) is 2. The standard InChI is InChI=1S/C20H21N3O/c1-13-11-14(2)23-10-9-18(19(23)21-13)20(24)22-17-8-7-15-5-3-4-6-16(15)12-17/h3-6,9-11,17H,7-8,12H2,1-2H3,(H,22,24). The Kier molecular flexibility index (Phi) is 3.60. The van der Waals surface area contributed by atoms with E-state index in [1.54, 1.807) is 0 Å². The summed E-state index contributed by atoms with van der Waals surface area (Å²) >= 11 is 0. The largest absolute Gasteiger partial charge is 0.349 e. The summed E-state index contributed by atoms with van der Waals surface area (Å²) in [5.74, 6) is -0.0284. The Morgan fingerprint density at radius 3 is 2.83 bits per heavy atom. The summed E-state index contributed by atoms with van der Waals surface area (Å²) in [7, 11) is 0. The Morgan fingerprint density at radius 1 is 1.21 bits per heavy atom. The van der Waals surface area contributed by atoms with Crippen molar-refractivity contribution in [3.63, 3.8) is 0 Å². The van der Waals surface area contributed by atoms with Gasteiger partial charge in [-0.15, -0.1) is 0 Å². The fraction of sp³-hybridized carbons (Fsp3) is 0.300. The Morgan fingerprint density at radius 2 is 2.00 bits per heavy atom. The minimum Gasteiger partial charge on any atom is -0.349 e. The number of fused-ring (bicyclic) bond motifs is 2. The number of carbonyl (C=O) groups excluding carboxylic acids is 1. The van der Waals surface area contributed by atoms with Gasteiger partial charge in [-0.25, -0.2) is 4.98 Å². The van der Waals surface area contributed by atoms with E-state index in [9.17, 15) is 4.79 Å². The zero-order valence-electron chi connectivity index (χ0n) is 14.0. The smallest absolute Gasteiger partial charge is 0.255 e. The molecule has 1 aromatic carbocycles. The van der Waals surface area contributed by atoms with Crippen molar-refractivity contribution in [3.8, 4) is 0 Å². The van der Waals surface area contributed by atoms with E-state index in [1.807, 2.05) is 36.6 Å². The number of benzene rings is 1. The van der Waals surface area contributed by atoms with E-state index in [-0.39, 0.29) is 11.9 Å². The zero-order chi connectivity index (χ0) is 16.7. The molecule has 1 aliphatic carbocycles. The lowest BCUT2D eigenvalue weighted by Gasteiger charge is -2.25. The first-order valence-corrected chi connectivity index (χ1v) is 8.45. The van der Waals surface area contributed by atoms with Crippen LogP contribution in [-0.4, -0.2) is 21.3 Å². The lowest BCUT2D eigenvalue weighted by Crippen LogP contribution is -2.38. The molecule has 4 rings (SSSR count). The van der Waals surface area contributed by atoms with E-state index in [4.69, 9.17) is 0 Å². The minimum atomic E-state index is -0.0284. The first-order chi connectivity index (χ1) is 11.6. The van der Waals surface area contributed by atoms with Crippen LogP contribution in [0.4, 0.5) is 0 Å². The van der Waals surface area contributed by atoms with Gasteiger partial charge in [-0.1, -0.05) is 24.3 Å². The van der Waals surface area contributed by atoms with Crippen LogP contribution in [0.25, 0.3) is 5.65 Å². The second-order valence-corrected chi connectivity index (χ2v) is 6.64. The van der Waals surface area contributed by atoms with Crippen LogP contribution in [0.3, 0.4) is 0 Å². The molecule has 1 amide bonds. The fourth-order valence-corrected chi connectivity index (χ4v) is 3.66. The van der Waals surface area contributed by atoms with E-state index in [1.165, 1.54) is 11.1 Å². The molecular weight excluding hydrogens is 298 g/mol. The summed E-state index contributed by atoms with van der Waals surface area (Å²) in [6.45, 7) is 3.99. The van der Waals surface area contributed by atoms with Gasteiger partial charge in [-0.05, 0) is 56.4 Å². The van der Waals surface area contributed by atoms with Crippen LogP contribution in [-0.2, 0) is 12.8 Å². The summed E-state index contributed by atoms with van der Waals surface area (Å²) in [5, 5.41) is 3.20. The third-order valence-corrected chi connectivity index (χ3v) is 4.87. The van der Waals surface area contributed by atoms with Gasteiger partial charge >= 0.3 is 0 Å². The van der Waals surface area contributed by atoms with Crippen LogP contribution < -0.4 is 5.32 Å². The highest BCUT2D eigenvalue weighted by Crippen LogP contribution is 2.22. The third kappa shape index (κ3) is 2.58. The normalized spacial score (nSPS) is 16.8. The van der Waals surface area contributed by atoms with E-state index in [2.05, 4.69) is 34.6 Å². The van der Waals surface area contributed by atoms with Gasteiger partial charge in [0.05, 0.1) is 5.56 Å². The van der Waals surface area contributed by atoms with Gasteiger partial charge in [0.2, 0.25) is 0 Å². The maximum atomic E-state index is 12.8. The Hall–Kier alpha value is -2.62. The highest BCUT2D eigenvalue weighted by molar-refractivity contribution is 6.00. The number of carbonyl (C=O) groups is 1. The number of rotatable bonds is 2. The van der Waals surface area contributed by atoms with E-state index in [0.717, 1.165) is 36.3 Å². The van der Waals surface area contributed by atoms with E-state index in [0.29, 0.717) is 5.56 Å². The van der Waals surface area contributed by atoms with Gasteiger partial charge in [0.1, 0.15) is 5.65 Å². The molecule has 24 heavy (non-hydrogen) atoms. The maximum absolute atomic E-state index is 12.8. The Balaban J connectivity index is 1.57. The molecule has 1 unspecified atom stereocenters. The first-order valence-electron chi connectivity index (χ1n) is 8.45. The lowest BCUT2D eigenvalue weighted by atomic mass is 9.88. The molecule has 0 spiro atoms. The molecule has 0 bridgehead atoms. The molecule has 2 aromatic heterocycles. The average molecular weight is 319 g/mol. The third-order valence-electron chi connectivity index (χ3n) is 4.87. The van der Waals surface area contributed by atoms with E-state index >= 15 is 0 Å². The molecule has 2 heterocycles. The molecule has 0 saturated heterocycles. The molecule has 1 aliphatic rings. The zero-order valence-corrected chi connectivity index (χ0v) is 14.0. The van der Waals surface area contributed by atoms with Gasteiger partial charge in [0.15, 0.2) is 0 Å². The van der Waals surface area contributed by atoms with Crippen molar-refractivity contribution in [2.75, 3.05) is 0 Å². The quantitative estimate of drug-likeness (QED) is 0.788. The van der Waals surface area contributed by atoms with Crippen LogP contribution in [0, 0.1) is 13.8 Å². The molecule has 1 N–H and O–H groups in total. The van der Waals surface area contributed by atoms with Crippen LogP contribution in [0.1, 0.15) is 39.3 Å². The molecule has 4 heteroatoms. The Bertz CT molecular complexity index is 926. The molecule has 122 valence electrons. The first kappa shape index (κ1) is 14.9. The fourth-order valence-electron chi connectivity index (χ4n) is 3.66. The number of amides is 1. The monoisotopic (exact) mass is 319 g/mol. The van der Waals surface area contributed by atoms with Crippen molar-refractivity contribution in [3.05, 3.63) is 70.7 Å². The molecule has 0 radical (unpaired) electrons. The maximum Gasteiger partial charge on any atom is 0.255 e. The second kappa shape index (κ2) is 5.78. The lowest BCUT2D eigenvalue weighted by molar-refractivity contribution is 0.0935. The van der Waals surface area contributed by atoms with Crippen LogP contribution in [0.5, 0.6) is 0 Å². The molecule has 0 fully saturated rings. The molecule has 0 saturated carbocycles. The van der Waals surface area contributed by atoms with Crippen molar-refractivity contribution < 1.29 is 4.79 Å². The van der Waals surface area contributed by atoms with Crippen molar-refractivity contribution in [2.24, 2.45) is 0 Å². The summed E-state index contributed by atoms with van der Waals surface area (Å²) in [4.78, 5) is 17.3. The number of hydrogen-bond donors (Lipinski definition) is 1. The predicted octanol–water partition coefficient (Wildman–Crippen LogP) is 3.24. The van der Waals surface area contributed by atoms with Gasteiger partial charge in [-0.3, -0.25) is 4.79 Å². The van der Waals surface area contributed by atoms with Crippen molar-refractivity contribution >= 4 is 11.6 Å². The number of nitrogens with zero attached hydrogens (tertiary/aromatic N) is 2. The molecular formula is C20H21N3O. The number of nitrogens with one attached hydrogen (secondary N) is 1. The topological polar surface area (TPSA) is 46.4 Å². The van der Waals surface area contributed by atoms with Gasteiger partial charge in [-0.2, -0.15) is 0 Å². The van der Waals surface area contributed by atoms with Crippen molar-refractivity contribution in [2.45, 2.75) is 39.2 Å². The van der Waals surface area contributed by atoms with Gasteiger partial charge in [0.25, 0.3) is 5.91 Å². The number of aryl methyl sites for hydroxylation is 3. The van der Waals surface area contributed by atoms with Gasteiger partial charge < -0.3 is 9.72 Å². The summed E-state index contributed by atoms with van der Waals surface area (Å²) in [5.41, 5.74) is 6.16. The molecule has 3 aromatic rings. The molecule has 4 nitrogen and oxygen atoms in total. The summed E-state index contributed by atoms with van der Waals surface area (Å²) in [6, 6.07) is 12.6. The number of aromatic nitrogens is 2. The van der Waals surface area contributed by atoms with Crippen molar-refractivity contribution in [1.29, 1.82) is 0 Å². The molecule has 1 atom stereocenters. The van der Waals surface area contributed by atoms with Gasteiger partial charge in [0, 0.05) is 23.6 Å². The highest BCUT2D eigenvalue weighted by atomic mass is 16.1. The summed E-state index contributed by atoms with van der Waals surface area (Å²) in [6.07, 6.45) is 4.83. The van der Waals surface area contributed by atoms with Crippen molar-refractivity contribution in [1.82, 2.24) is 14.7 Å². The second-order valence-electron chi connectivity index (χ2n) is 6.64. The average Bonchev–Trinajstić information content (AvgIpc) is 2.99. The van der Waals surface area contributed by atoms with E-state index < -0.39 is 0 Å². The minimum absolute atomic E-state index is 0.0284. The van der Waals surface area contributed by atoms with Crippen LogP contribution in [0.15, 0.2) is 42.6 Å². The summed E-state index contributed by atoms with van der Waals surface area (Å²) < 4.78 is 1.97. The molecule has 0 aliphatic heterocycles. The van der Waals surface area contributed by atoms with Crippen LogP contribution >= 0.6 is 0 Å². The highest BCUT2D eigenvalue weighted by Gasteiger charge is 2.22. The SMILES string of the molecule is Cc1cc(C)n2ccc(C(=O)NC3CCc4ccccc4C3)c2n1.